The van der Waals surface area contributed by atoms with Crippen LogP contribution in [0, 0.1) is 0 Å². The molecule has 1 heterocycles. The number of carbonyl (C=O) groups excluding carboxylic acids is 1. The molecule has 124 valence electrons. The van der Waals surface area contributed by atoms with Crippen molar-refractivity contribution in [3.63, 3.8) is 0 Å². The molecule has 0 aromatic heterocycles. The molecular weight excluding hydrogens is 302 g/mol. The molecule has 1 aliphatic rings. The SMILES string of the molecule is CN(C)Cc1ccc(-c2cccc(C3=NOC(C(N)=O)C3)c2)cc1. The van der Waals surface area contributed by atoms with Gasteiger partial charge in [0, 0.05) is 18.5 Å². The number of primary amides is 1. The fourth-order valence-corrected chi connectivity index (χ4v) is 2.75. The summed E-state index contributed by atoms with van der Waals surface area (Å²) in [6.45, 7) is 0.920. The van der Waals surface area contributed by atoms with Gasteiger partial charge in [-0.1, -0.05) is 47.6 Å². The molecule has 2 aromatic carbocycles. The fourth-order valence-electron chi connectivity index (χ4n) is 2.75. The van der Waals surface area contributed by atoms with E-state index in [-0.39, 0.29) is 0 Å². The lowest BCUT2D eigenvalue weighted by atomic mass is 9.98. The largest absolute Gasteiger partial charge is 0.382 e. The first kappa shape index (κ1) is 16.2. The van der Waals surface area contributed by atoms with Crippen molar-refractivity contribution in [3.8, 4) is 11.1 Å². The van der Waals surface area contributed by atoms with Crippen molar-refractivity contribution in [1.29, 1.82) is 0 Å². The summed E-state index contributed by atoms with van der Waals surface area (Å²) in [4.78, 5) is 18.4. The van der Waals surface area contributed by atoms with Gasteiger partial charge in [0.15, 0.2) is 0 Å². The van der Waals surface area contributed by atoms with E-state index in [1.54, 1.807) is 0 Å². The predicted octanol–water partition coefficient (Wildman–Crippen LogP) is 2.39. The van der Waals surface area contributed by atoms with Gasteiger partial charge in [-0.25, -0.2) is 0 Å². The van der Waals surface area contributed by atoms with Gasteiger partial charge < -0.3 is 15.5 Å². The zero-order chi connectivity index (χ0) is 17.1. The molecule has 1 amide bonds. The van der Waals surface area contributed by atoms with Crippen LogP contribution in [0.5, 0.6) is 0 Å². The van der Waals surface area contributed by atoms with Gasteiger partial charge in [-0.15, -0.1) is 0 Å². The third-order valence-electron chi connectivity index (χ3n) is 3.97. The topological polar surface area (TPSA) is 67.9 Å². The average molecular weight is 323 g/mol. The third-order valence-corrected chi connectivity index (χ3v) is 3.97. The van der Waals surface area contributed by atoms with E-state index in [9.17, 15) is 4.79 Å². The number of benzene rings is 2. The number of nitrogens with two attached hydrogens (primary N) is 1. The normalized spacial score (nSPS) is 16.8. The smallest absolute Gasteiger partial charge is 0.261 e. The van der Waals surface area contributed by atoms with E-state index in [1.165, 1.54) is 5.56 Å². The maximum absolute atomic E-state index is 11.2. The fraction of sp³-hybridized carbons (Fsp3) is 0.263. The van der Waals surface area contributed by atoms with Gasteiger partial charge in [-0.3, -0.25) is 4.79 Å². The van der Waals surface area contributed by atoms with Crippen LogP contribution in [0.3, 0.4) is 0 Å². The molecule has 0 radical (unpaired) electrons. The molecule has 0 saturated carbocycles. The Bertz CT molecular complexity index is 766. The lowest BCUT2D eigenvalue weighted by Crippen LogP contribution is -2.28. The van der Waals surface area contributed by atoms with Gasteiger partial charge >= 0.3 is 0 Å². The Morgan fingerprint density at radius 3 is 2.50 bits per heavy atom. The number of oxime groups is 1. The predicted molar refractivity (Wildman–Crippen MR) is 94.5 cm³/mol. The van der Waals surface area contributed by atoms with Crippen molar-refractivity contribution in [3.05, 3.63) is 59.7 Å². The van der Waals surface area contributed by atoms with Crippen LogP contribution in [0.2, 0.25) is 0 Å². The molecule has 2 aromatic rings. The quantitative estimate of drug-likeness (QED) is 0.918. The van der Waals surface area contributed by atoms with Gasteiger partial charge in [0.1, 0.15) is 0 Å². The maximum Gasteiger partial charge on any atom is 0.261 e. The van der Waals surface area contributed by atoms with E-state index >= 15 is 0 Å². The minimum Gasteiger partial charge on any atom is -0.382 e. The van der Waals surface area contributed by atoms with Crippen molar-refractivity contribution in [1.82, 2.24) is 4.90 Å². The molecule has 0 saturated heterocycles. The maximum atomic E-state index is 11.2. The molecule has 0 bridgehead atoms. The summed E-state index contributed by atoms with van der Waals surface area (Å²) >= 11 is 0. The summed E-state index contributed by atoms with van der Waals surface area (Å²) in [5.41, 5.74) is 10.5. The summed E-state index contributed by atoms with van der Waals surface area (Å²) in [7, 11) is 4.11. The lowest BCUT2D eigenvalue weighted by Gasteiger charge is -2.10. The molecule has 5 nitrogen and oxygen atoms in total. The average Bonchev–Trinajstić information content (AvgIpc) is 3.05. The number of hydrogen-bond donors (Lipinski definition) is 1. The highest BCUT2D eigenvalue weighted by molar-refractivity contribution is 6.04. The molecule has 1 aliphatic heterocycles. The first-order chi connectivity index (χ1) is 11.5. The summed E-state index contributed by atoms with van der Waals surface area (Å²) in [6, 6.07) is 16.6. The molecule has 3 rings (SSSR count). The Hall–Kier alpha value is -2.66. The Labute approximate surface area is 141 Å². The summed E-state index contributed by atoms with van der Waals surface area (Å²) < 4.78 is 0. The third kappa shape index (κ3) is 3.63. The highest BCUT2D eigenvalue weighted by Crippen LogP contribution is 2.24. The Balaban J connectivity index is 1.80. The zero-order valence-electron chi connectivity index (χ0n) is 13.9. The van der Waals surface area contributed by atoms with E-state index in [4.69, 9.17) is 10.6 Å². The molecule has 0 fully saturated rings. The van der Waals surface area contributed by atoms with Crippen molar-refractivity contribution in [2.75, 3.05) is 14.1 Å². The first-order valence-electron chi connectivity index (χ1n) is 7.89. The summed E-state index contributed by atoms with van der Waals surface area (Å²) in [6.07, 6.45) is -0.241. The van der Waals surface area contributed by atoms with E-state index in [1.807, 2.05) is 12.1 Å². The highest BCUT2D eigenvalue weighted by atomic mass is 16.6. The number of rotatable bonds is 5. The molecule has 24 heavy (non-hydrogen) atoms. The molecule has 0 aliphatic carbocycles. The van der Waals surface area contributed by atoms with Gasteiger partial charge in [0.2, 0.25) is 6.10 Å². The van der Waals surface area contributed by atoms with Crippen molar-refractivity contribution in [2.45, 2.75) is 19.1 Å². The Morgan fingerprint density at radius 1 is 1.17 bits per heavy atom. The van der Waals surface area contributed by atoms with Crippen LogP contribution in [-0.4, -0.2) is 36.7 Å². The Morgan fingerprint density at radius 2 is 1.88 bits per heavy atom. The van der Waals surface area contributed by atoms with E-state index in [0.29, 0.717) is 6.42 Å². The van der Waals surface area contributed by atoms with Crippen LogP contribution < -0.4 is 5.73 Å². The highest BCUT2D eigenvalue weighted by Gasteiger charge is 2.26. The van der Waals surface area contributed by atoms with Crippen molar-refractivity contribution >= 4 is 11.6 Å². The second-order valence-electron chi connectivity index (χ2n) is 6.25. The number of nitrogens with zero attached hydrogens (tertiary/aromatic N) is 2. The zero-order valence-corrected chi connectivity index (χ0v) is 13.9. The van der Waals surface area contributed by atoms with Gasteiger partial charge in [0.05, 0.1) is 5.71 Å². The van der Waals surface area contributed by atoms with Crippen molar-refractivity contribution in [2.24, 2.45) is 10.9 Å². The first-order valence-corrected chi connectivity index (χ1v) is 7.89. The summed E-state index contributed by atoms with van der Waals surface area (Å²) in [5, 5.41) is 4.00. The molecule has 2 N–H and O–H groups in total. The van der Waals surface area contributed by atoms with Crippen LogP contribution in [-0.2, 0) is 16.2 Å². The van der Waals surface area contributed by atoms with Gasteiger partial charge in [0.25, 0.3) is 5.91 Å². The second-order valence-corrected chi connectivity index (χ2v) is 6.25. The standard InChI is InChI=1S/C19H21N3O2/c1-22(2)12-13-6-8-14(9-7-13)15-4-3-5-16(10-15)17-11-18(19(20)23)24-21-17/h3-10,18H,11-12H2,1-2H3,(H2,20,23). The number of carbonyl (C=O) groups is 1. The van der Waals surface area contributed by atoms with E-state index in [2.05, 4.69) is 60.5 Å². The summed E-state index contributed by atoms with van der Waals surface area (Å²) in [5.74, 6) is -0.485. The van der Waals surface area contributed by atoms with Crippen molar-refractivity contribution < 1.29 is 9.63 Å². The van der Waals surface area contributed by atoms with Gasteiger partial charge in [-0.2, -0.15) is 0 Å². The van der Waals surface area contributed by atoms with Crippen LogP contribution in [0.15, 0.2) is 53.7 Å². The van der Waals surface area contributed by atoms with Gasteiger partial charge in [-0.05, 0) is 36.9 Å². The van der Waals surface area contributed by atoms with E-state index in [0.717, 1.165) is 28.9 Å². The molecular formula is C19H21N3O2. The Kier molecular flexibility index (Phi) is 4.62. The molecule has 5 heteroatoms. The van der Waals surface area contributed by atoms with Crippen LogP contribution in [0.25, 0.3) is 11.1 Å². The minimum atomic E-state index is -0.658. The van der Waals surface area contributed by atoms with Crippen LogP contribution in [0.1, 0.15) is 17.5 Å². The minimum absolute atomic E-state index is 0.417. The second kappa shape index (κ2) is 6.84. The molecule has 1 unspecified atom stereocenters. The molecule has 0 spiro atoms. The number of amides is 1. The number of hydrogen-bond acceptors (Lipinski definition) is 4. The van der Waals surface area contributed by atoms with Crippen LogP contribution in [0.4, 0.5) is 0 Å². The monoisotopic (exact) mass is 323 g/mol. The molecule has 1 atom stereocenters. The van der Waals surface area contributed by atoms with Crippen LogP contribution >= 0.6 is 0 Å². The lowest BCUT2D eigenvalue weighted by molar-refractivity contribution is -0.127. The van der Waals surface area contributed by atoms with E-state index < -0.39 is 12.0 Å².